The van der Waals surface area contributed by atoms with E-state index in [9.17, 15) is 35.9 Å². The van der Waals surface area contributed by atoms with Crippen molar-refractivity contribution in [3.63, 3.8) is 0 Å². The Morgan fingerprint density at radius 3 is 2.03 bits per heavy atom. The molecule has 0 unspecified atom stereocenters. The van der Waals surface area contributed by atoms with E-state index < -0.39 is 46.6 Å². The highest BCUT2D eigenvalue weighted by molar-refractivity contribution is 6.07. The third-order valence-electron chi connectivity index (χ3n) is 3.60. The molecular weight excluding hydrogens is 412 g/mol. The predicted molar refractivity (Wildman–Crippen MR) is 84.3 cm³/mol. The molecule has 1 amide bonds. The Bertz CT molecular complexity index is 959. The van der Waals surface area contributed by atoms with Crippen LogP contribution in [-0.4, -0.2) is 27.9 Å². The van der Waals surface area contributed by atoms with Gasteiger partial charge in [0.25, 0.3) is 5.91 Å². The van der Waals surface area contributed by atoms with Crippen molar-refractivity contribution >= 4 is 17.6 Å². The number of carbonyl (C=O) groups excluding carboxylic acids is 1. The summed E-state index contributed by atoms with van der Waals surface area (Å²) < 4.78 is 81.9. The van der Waals surface area contributed by atoms with Gasteiger partial charge in [0.05, 0.1) is 22.4 Å². The number of benzene rings is 1. The van der Waals surface area contributed by atoms with Crippen LogP contribution in [0.1, 0.15) is 50.2 Å². The number of hydrazone groups is 1. The molecule has 0 aliphatic rings. The van der Waals surface area contributed by atoms with E-state index in [1.54, 1.807) is 5.43 Å². The van der Waals surface area contributed by atoms with Crippen LogP contribution in [0.3, 0.4) is 0 Å². The normalized spacial score (nSPS) is 12.8. The quantitative estimate of drug-likeness (QED) is 0.441. The van der Waals surface area contributed by atoms with E-state index in [-0.39, 0.29) is 35.2 Å². The minimum Gasteiger partial charge on any atom is -0.476 e. The van der Waals surface area contributed by atoms with Crippen LogP contribution >= 0.6 is 0 Å². The summed E-state index contributed by atoms with van der Waals surface area (Å²) in [6.07, 6.45) is -10.2. The number of hydrogen-bond acceptors (Lipinski definition) is 5. The van der Waals surface area contributed by atoms with Crippen molar-refractivity contribution in [3.8, 4) is 0 Å². The van der Waals surface area contributed by atoms with Crippen LogP contribution in [0.2, 0.25) is 0 Å². The summed E-state index contributed by atoms with van der Waals surface area (Å²) in [6, 6.07) is 0.358. The summed E-state index contributed by atoms with van der Waals surface area (Å²) in [5.74, 6) is -2.81. The van der Waals surface area contributed by atoms with Crippen molar-refractivity contribution < 1.29 is 45.6 Å². The first-order chi connectivity index (χ1) is 13.2. The minimum atomic E-state index is -5.12. The van der Waals surface area contributed by atoms with Crippen LogP contribution in [0, 0.1) is 6.92 Å². The van der Waals surface area contributed by atoms with Gasteiger partial charge in [0, 0.05) is 5.56 Å². The highest BCUT2D eigenvalue weighted by Crippen LogP contribution is 2.36. The number of aromatic nitrogens is 1. The molecule has 0 atom stereocenters. The molecule has 2 N–H and O–H groups in total. The zero-order valence-electron chi connectivity index (χ0n) is 14.6. The van der Waals surface area contributed by atoms with E-state index >= 15 is 0 Å². The largest absolute Gasteiger partial charge is 0.476 e. The lowest BCUT2D eigenvalue weighted by Crippen LogP contribution is -2.22. The zero-order valence-corrected chi connectivity index (χ0v) is 14.6. The highest BCUT2D eigenvalue weighted by Gasteiger charge is 2.37. The molecule has 13 heteroatoms. The Hall–Kier alpha value is -3.38. The standard InChI is InChI=1S/C16H11F6N3O4/c1-6(11-7(2)29-25-12(11)14(27)28)23-24-13(26)8-3-9(15(17,18)19)5-10(4-8)16(20,21)22/h3-5H,1-2H3,(H,24,26)(H,27,28)/b23-6+. The van der Waals surface area contributed by atoms with Gasteiger partial charge in [0.1, 0.15) is 5.76 Å². The van der Waals surface area contributed by atoms with Crippen molar-refractivity contribution in [2.24, 2.45) is 5.10 Å². The van der Waals surface area contributed by atoms with Crippen molar-refractivity contribution in [2.45, 2.75) is 26.2 Å². The van der Waals surface area contributed by atoms with Crippen LogP contribution in [0.25, 0.3) is 0 Å². The highest BCUT2D eigenvalue weighted by atomic mass is 19.4. The molecule has 2 rings (SSSR count). The summed E-state index contributed by atoms with van der Waals surface area (Å²) in [5, 5.41) is 15.8. The molecule has 29 heavy (non-hydrogen) atoms. The van der Waals surface area contributed by atoms with Crippen molar-refractivity contribution in [3.05, 3.63) is 51.9 Å². The molecular formula is C16H11F6N3O4. The second-order valence-electron chi connectivity index (χ2n) is 5.70. The number of nitrogens with zero attached hydrogens (tertiary/aromatic N) is 2. The molecule has 0 radical (unpaired) electrons. The number of rotatable bonds is 4. The summed E-state index contributed by atoms with van der Waals surface area (Å²) in [6.45, 7) is 2.58. The number of carboxylic acid groups (broad SMARTS) is 1. The second-order valence-corrected chi connectivity index (χ2v) is 5.70. The maximum absolute atomic E-state index is 12.9. The van der Waals surface area contributed by atoms with Gasteiger partial charge in [0.15, 0.2) is 0 Å². The Morgan fingerprint density at radius 2 is 1.59 bits per heavy atom. The maximum atomic E-state index is 12.9. The molecule has 0 aliphatic heterocycles. The fourth-order valence-corrected chi connectivity index (χ4v) is 2.29. The van der Waals surface area contributed by atoms with Crippen LogP contribution in [0.15, 0.2) is 27.8 Å². The fourth-order valence-electron chi connectivity index (χ4n) is 2.29. The molecule has 1 aromatic carbocycles. The smallest absolute Gasteiger partial charge is 0.416 e. The third kappa shape index (κ3) is 4.92. The van der Waals surface area contributed by atoms with E-state index in [4.69, 9.17) is 9.63 Å². The van der Waals surface area contributed by atoms with Gasteiger partial charge < -0.3 is 9.63 Å². The van der Waals surface area contributed by atoms with E-state index in [2.05, 4.69) is 10.3 Å². The lowest BCUT2D eigenvalue weighted by molar-refractivity contribution is -0.143. The van der Waals surface area contributed by atoms with Crippen molar-refractivity contribution in [1.29, 1.82) is 0 Å². The molecule has 7 nitrogen and oxygen atoms in total. The van der Waals surface area contributed by atoms with Crippen LogP contribution < -0.4 is 5.43 Å². The van der Waals surface area contributed by atoms with Crippen LogP contribution in [-0.2, 0) is 12.4 Å². The SMILES string of the molecule is C/C(=N\NC(=O)c1cc(C(F)(F)F)cc(C(F)(F)F)c1)c1c(C(=O)O)noc1C. The molecule has 0 saturated heterocycles. The van der Waals surface area contributed by atoms with Crippen molar-refractivity contribution in [2.75, 3.05) is 0 Å². The number of carboxylic acids is 1. The van der Waals surface area contributed by atoms with Gasteiger partial charge in [-0.3, -0.25) is 4.79 Å². The Balaban J connectivity index is 2.39. The van der Waals surface area contributed by atoms with Gasteiger partial charge in [-0.2, -0.15) is 31.4 Å². The Labute approximate surface area is 158 Å². The van der Waals surface area contributed by atoms with E-state index in [0.29, 0.717) is 0 Å². The number of amides is 1. The average Bonchev–Trinajstić information content (AvgIpc) is 2.99. The molecule has 1 aromatic heterocycles. The van der Waals surface area contributed by atoms with Gasteiger partial charge in [-0.25, -0.2) is 10.2 Å². The first-order valence-electron chi connectivity index (χ1n) is 7.56. The molecule has 0 fully saturated rings. The Morgan fingerprint density at radius 1 is 1.07 bits per heavy atom. The number of halogens is 6. The van der Waals surface area contributed by atoms with Crippen molar-refractivity contribution in [1.82, 2.24) is 10.6 Å². The van der Waals surface area contributed by atoms with E-state index in [1.807, 2.05) is 0 Å². The molecule has 0 saturated carbocycles. The average molecular weight is 423 g/mol. The number of nitrogens with one attached hydrogen (secondary N) is 1. The van der Waals surface area contributed by atoms with Gasteiger partial charge in [-0.1, -0.05) is 5.16 Å². The number of aromatic carboxylic acids is 1. The number of alkyl halides is 6. The van der Waals surface area contributed by atoms with Gasteiger partial charge in [0.2, 0.25) is 5.69 Å². The minimum absolute atomic E-state index is 0.0244. The third-order valence-corrected chi connectivity index (χ3v) is 3.60. The number of carbonyl (C=O) groups is 2. The first-order valence-corrected chi connectivity index (χ1v) is 7.56. The summed E-state index contributed by atoms with van der Waals surface area (Å²) in [4.78, 5) is 23.2. The summed E-state index contributed by atoms with van der Waals surface area (Å²) in [7, 11) is 0. The lowest BCUT2D eigenvalue weighted by Gasteiger charge is -2.13. The molecule has 156 valence electrons. The summed E-state index contributed by atoms with van der Waals surface area (Å²) >= 11 is 0. The van der Waals surface area contributed by atoms with E-state index in [1.165, 1.54) is 13.8 Å². The monoisotopic (exact) mass is 423 g/mol. The maximum Gasteiger partial charge on any atom is 0.416 e. The van der Waals surface area contributed by atoms with Gasteiger partial charge >= 0.3 is 18.3 Å². The molecule has 1 heterocycles. The Kier molecular flexibility index (Phi) is 5.71. The topological polar surface area (TPSA) is 105 Å². The zero-order chi connectivity index (χ0) is 22.1. The molecule has 0 bridgehead atoms. The molecule has 0 aliphatic carbocycles. The lowest BCUT2D eigenvalue weighted by atomic mass is 10.0. The first kappa shape index (κ1) is 21.9. The van der Waals surface area contributed by atoms with Crippen LogP contribution in [0.4, 0.5) is 26.3 Å². The predicted octanol–water partition coefficient (Wildman–Crippen LogP) is 3.87. The number of hydrogen-bond donors (Lipinski definition) is 2. The second kappa shape index (κ2) is 7.56. The molecule has 2 aromatic rings. The van der Waals surface area contributed by atoms with Gasteiger partial charge in [-0.05, 0) is 32.0 Å². The number of aryl methyl sites for hydroxylation is 1. The van der Waals surface area contributed by atoms with Gasteiger partial charge in [-0.15, -0.1) is 0 Å². The molecule has 0 spiro atoms. The van der Waals surface area contributed by atoms with E-state index in [0.717, 1.165) is 0 Å². The summed E-state index contributed by atoms with van der Waals surface area (Å²) in [5.41, 5.74) is -3.25. The fraction of sp³-hybridized carbons (Fsp3) is 0.250. The van der Waals surface area contributed by atoms with Crippen LogP contribution in [0.5, 0.6) is 0 Å².